The highest BCUT2D eigenvalue weighted by atomic mass is 32.1. The van der Waals surface area contributed by atoms with Gasteiger partial charge in [0.15, 0.2) is 5.78 Å². The predicted octanol–water partition coefficient (Wildman–Crippen LogP) is 3.55. The highest BCUT2D eigenvalue weighted by Gasteiger charge is 2.07. The van der Waals surface area contributed by atoms with Gasteiger partial charge in [0.25, 0.3) is 0 Å². The summed E-state index contributed by atoms with van der Waals surface area (Å²) in [5, 5.41) is 0.999. The maximum Gasteiger partial charge on any atom is 0.171 e. The first-order valence-corrected chi connectivity index (χ1v) is 6.39. The summed E-state index contributed by atoms with van der Waals surface area (Å²) < 4.78 is 0. The van der Waals surface area contributed by atoms with E-state index in [1.54, 1.807) is 13.1 Å². The van der Waals surface area contributed by atoms with Crippen LogP contribution in [0.4, 0.5) is 0 Å². The first-order chi connectivity index (χ1) is 8.06. The van der Waals surface area contributed by atoms with Gasteiger partial charge in [-0.05, 0) is 30.5 Å². The molecule has 1 heterocycles. The van der Waals surface area contributed by atoms with E-state index in [0.29, 0.717) is 0 Å². The summed E-state index contributed by atoms with van der Waals surface area (Å²) in [6, 6.07) is 6.44. The number of thiazole rings is 1. The molecule has 1 aromatic heterocycles. The molecular weight excluding hydrogens is 230 g/mol. The molecule has 0 atom stereocenters. The molecule has 0 bridgehead atoms. The summed E-state index contributed by atoms with van der Waals surface area (Å²) >= 11 is 1.49. The molecule has 88 valence electrons. The first kappa shape index (κ1) is 12.0. The van der Waals surface area contributed by atoms with Crippen LogP contribution in [-0.4, -0.2) is 10.8 Å². The summed E-state index contributed by atoms with van der Waals surface area (Å²) in [6.45, 7) is 5.80. The minimum atomic E-state index is 0.0915. The Labute approximate surface area is 105 Å². The molecule has 0 saturated heterocycles. The summed E-state index contributed by atoms with van der Waals surface area (Å²) in [6.07, 6.45) is 2.47. The molecule has 0 spiro atoms. The fourth-order valence-corrected chi connectivity index (χ4v) is 2.49. The van der Waals surface area contributed by atoms with E-state index < -0.39 is 0 Å². The Kier molecular flexibility index (Phi) is 3.38. The van der Waals surface area contributed by atoms with Gasteiger partial charge in [-0.3, -0.25) is 4.79 Å². The largest absolute Gasteiger partial charge is 0.294 e. The Bertz CT molecular complexity index is 557. The lowest BCUT2D eigenvalue weighted by molar-refractivity contribution is 0.102. The summed E-state index contributed by atoms with van der Waals surface area (Å²) in [5.41, 5.74) is 3.85. The van der Waals surface area contributed by atoms with E-state index in [0.717, 1.165) is 16.3 Å². The second-order valence-electron chi connectivity index (χ2n) is 4.27. The summed E-state index contributed by atoms with van der Waals surface area (Å²) in [5.74, 6) is 0.0915. The second-order valence-corrected chi connectivity index (χ2v) is 5.39. The van der Waals surface area contributed by atoms with Gasteiger partial charge in [0.1, 0.15) is 0 Å². The molecule has 1 aromatic carbocycles. The van der Waals surface area contributed by atoms with Crippen LogP contribution in [0.5, 0.6) is 0 Å². The van der Waals surface area contributed by atoms with Gasteiger partial charge in [0, 0.05) is 19.5 Å². The molecule has 0 fully saturated rings. The van der Waals surface area contributed by atoms with E-state index in [9.17, 15) is 4.79 Å². The van der Waals surface area contributed by atoms with Gasteiger partial charge in [-0.2, -0.15) is 0 Å². The van der Waals surface area contributed by atoms with Crippen LogP contribution >= 0.6 is 11.3 Å². The van der Waals surface area contributed by atoms with Crippen LogP contribution in [0.1, 0.15) is 38.3 Å². The van der Waals surface area contributed by atoms with E-state index in [1.807, 2.05) is 0 Å². The zero-order chi connectivity index (χ0) is 12.4. The zero-order valence-electron chi connectivity index (χ0n) is 10.3. The fourth-order valence-electron chi connectivity index (χ4n) is 1.64. The number of carbonyl (C=O) groups excluding carboxylic acids is 1. The van der Waals surface area contributed by atoms with Crippen LogP contribution in [0.25, 0.3) is 0 Å². The molecule has 2 aromatic rings. The summed E-state index contributed by atoms with van der Waals surface area (Å²) in [4.78, 5) is 16.2. The number of hydrogen-bond acceptors (Lipinski definition) is 3. The van der Waals surface area contributed by atoms with Crippen molar-refractivity contribution in [2.45, 2.75) is 27.2 Å². The van der Waals surface area contributed by atoms with Crippen molar-refractivity contribution in [3.05, 3.63) is 51.0 Å². The van der Waals surface area contributed by atoms with Crippen LogP contribution in [0, 0.1) is 13.8 Å². The number of carbonyl (C=O) groups is 1. The zero-order valence-corrected chi connectivity index (χ0v) is 11.1. The lowest BCUT2D eigenvalue weighted by Crippen LogP contribution is -1.89. The Morgan fingerprint density at radius 2 is 2.06 bits per heavy atom. The molecular formula is C14H15NOS. The first-order valence-electron chi connectivity index (χ1n) is 5.58. The van der Waals surface area contributed by atoms with Crippen molar-refractivity contribution >= 4 is 17.1 Å². The molecule has 3 heteroatoms. The van der Waals surface area contributed by atoms with Gasteiger partial charge in [0.05, 0.1) is 9.88 Å². The van der Waals surface area contributed by atoms with E-state index in [2.05, 4.69) is 37.0 Å². The van der Waals surface area contributed by atoms with Gasteiger partial charge in [0.2, 0.25) is 0 Å². The number of Topliss-reactive ketones (excluding diaryl/α,β-unsaturated/α-hetero) is 1. The Balaban J connectivity index is 2.19. The van der Waals surface area contributed by atoms with Crippen LogP contribution in [0.3, 0.4) is 0 Å². The topological polar surface area (TPSA) is 30.0 Å². The molecule has 17 heavy (non-hydrogen) atoms. The van der Waals surface area contributed by atoms with Crippen molar-refractivity contribution in [2.24, 2.45) is 0 Å². The molecule has 0 unspecified atom stereocenters. The predicted molar refractivity (Wildman–Crippen MR) is 70.8 cm³/mol. The second kappa shape index (κ2) is 4.80. The van der Waals surface area contributed by atoms with Gasteiger partial charge >= 0.3 is 0 Å². The van der Waals surface area contributed by atoms with Crippen molar-refractivity contribution in [3.8, 4) is 0 Å². The van der Waals surface area contributed by atoms with E-state index in [-0.39, 0.29) is 5.78 Å². The van der Waals surface area contributed by atoms with E-state index in [4.69, 9.17) is 0 Å². The SMILES string of the molecule is CC(=O)c1cnc(Cc2ccc(C)c(C)c2)s1. The maximum atomic E-state index is 11.2. The third-order valence-corrected chi connectivity index (χ3v) is 3.93. The monoisotopic (exact) mass is 245 g/mol. The third kappa shape index (κ3) is 2.80. The van der Waals surface area contributed by atoms with E-state index in [1.165, 1.54) is 28.0 Å². The minimum Gasteiger partial charge on any atom is -0.294 e. The number of aromatic nitrogens is 1. The molecule has 0 aliphatic heterocycles. The van der Waals surface area contributed by atoms with Gasteiger partial charge in [-0.25, -0.2) is 4.98 Å². The molecule has 0 amide bonds. The van der Waals surface area contributed by atoms with E-state index >= 15 is 0 Å². The average molecular weight is 245 g/mol. The number of hydrogen-bond donors (Lipinski definition) is 0. The van der Waals surface area contributed by atoms with Crippen LogP contribution in [0.2, 0.25) is 0 Å². The molecule has 0 saturated carbocycles. The van der Waals surface area contributed by atoms with Crippen LogP contribution in [-0.2, 0) is 6.42 Å². The van der Waals surface area contributed by atoms with Gasteiger partial charge < -0.3 is 0 Å². The molecule has 0 N–H and O–H groups in total. The number of aryl methyl sites for hydroxylation is 2. The van der Waals surface area contributed by atoms with Crippen LogP contribution in [0.15, 0.2) is 24.4 Å². The standard InChI is InChI=1S/C14H15NOS/c1-9-4-5-12(6-10(9)2)7-14-15-8-13(17-14)11(3)16/h4-6,8H,7H2,1-3H3. The molecule has 2 rings (SSSR count). The van der Waals surface area contributed by atoms with Crippen molar-refractivity contribution in [2.75, 3.05) is 0 Å². The highest BCUT2D eigenvalue weighted by Crippen LogP contribution is 2.18. The van der Waals surface area contributed by atoms with Crippen molar-refractivity contribution in [1.82, 2.24) is 4.98 Å². The molecule has 2 nitrogen and oxygen atoms in total. The van der Waals surface area contributed by atoms with Gasteiger partial charge in [-0.15, -0.1) is 11.3 Å². The normalized spacial score (nSPS) is 10.5. The lowest BCUT2D eigenvalue weighted by atomic mass is 10.0. The van der Waals surface area contributed by atoms with Crippen LogP contribution < -0.4 is 0 Å². The highest BCUT2D eigenvalue weighted by molar-refractivity contribution is 7.13. The Hall–Kier alpha value is -1.48. The van der Waals surface area contributed by atoms with Gasteiger partial charge in [-0.1, -0.05) is 18.2 Å². The number of rotatable bonds is 3. The fraction of sp³-hybridized carbons (Fsp3) is 0.286. The summed E-state index contributed by atoms with van der Waals surface area (Å²) in [7, 11) is 0. The Morgan fingerprint density at radius 1 is 1.29 bits per heavy atom. The van der Waals surface area contributed by atoms with Crippen molar-refractivity contribution < 1.29 is 4.79 Å². The molecule has 0 aliphatic carbocycles. The minimum absolute atomic E-state index is 0.0915. The smallest absolute Gasteiger partial charge is 0.171 e. The quantitative estimate of drug-likeness (QED) is 0.774. The number of ketones is 1. The Morgan fingerprint density at radius 3 is 2.65 bits per heavy atom. The molecule has 0 aliphatic rings. The van der Waals surface area contributed by atoms with Crippen molar-refractivity contribution in [1.29, 1.82) is 0 Å². The number of nitrogens with zero attached hydrogens (tertiary/aromatic N) is 1. The number of benzene rings is 1. The maximum absolute atomic E-state index is 11.2. The third-order valence-electron chi connectivity index (χ3n) is 2.83. The van der Waals surface area contributed by atoms with Crippen molar-refractivity contribution in [3.63, 3.8) is 0 Å². The lowest BCUT2D eigenvalue weighted by Gasteiger charge is -2.03. The average Bonchev–Trinajstić information content (AvgIpc) is 2.72. The molecule has 0 radical (unpaired) electrons.